The molecule has 3 nitrogen and oxygen atoms in total. The minimum atomic E-state index is 0.188. The average molecular weight is 209 g/mol. The molecule has 0 amide bonds. The largest absolute Gasteiger partial charge is 0.326 e. The van der Waals surface area contributed by atoms with Crippen molar-refractivity contribution in [1.82, 2.24) is 9.78 Å². The van der Waals surface area contributed by atoms with Crippen molar-refractivity contribution in [1.29, 1.82) is 0 Å². The Labute approximate surface area is 92.7 Å². The van der Waals surface area contributed by atoms with Gasteiger partial charge < -0.3 is 5.73 Å². The summed E-state index contributed by atoms with van der Waals surface area (Å²) in [5, 5.41) is 4.54. The molecule has 0 spiro atoms. The second kappa shape index (κ2) is 4.79. The van der Waals surface area contributed by atoms with Gasteiger partial charge >= 0.3 is 0 Å². The van der Waals surface area contributed by atoms with Gasteiger partial charge in [0.2, 0.25) is 0 Å². The first kappa shape index (κ1) is 12.2. The molecule has 2 N–H and O–H groups in total. The Kier molecular flexibility index (Phi) is 3.91. The van der Waals surface area contributed by atoms with Crippen LogP contribution in [0.5, 0.6) is 0 Å². The minimum Gasteiger partial charge on any atom is -0.326 e. The van der Waals surface area contributed by atoms with Crippen LogP contribution in [0, 0.1) is 19.8 Å². The quantitative estimate of drug-likeness (QED) is 0.824. The van der Waals surface area contributed by atoms with E-state index in [0.29, 0.717) is 5.92 Å². The van der Waals surface area contributed by atoms with E-state index in [-0.39, 0.29) is 6.04 Å². The smallest absolute Gasteiger partial charge is 0.0628 e. The van der Waals surface area contributed by atoms with Crippen molar-refractivity contribution >= 4 is 0 Å². The van der Waals surface area contributed by atoms with Crippen LogP contribution >= 0.6 is 0 Å². The van der Waals surface area contributed by atoms with Crippen LogP contribution in [0.1, 0.15) is 37.7 Å². The Morgan fingerprint density at radius 3 is 2.33 bits per heavy atom. The fourth-order valence-electron chi connectivity index (χ4n) is 1.83. The van der Waals surface area contributed by atoms with Crippen LogP contribution in [-0.2, 0) is 13.0 Å². The first-order chi connectivity index (χ1) is 6.97. The van der Waals surface area contributed by atoms with Crippen molar-refractivity contribution in [3.05, 3.63) is 17.0 Å². The minimum absolute atomic E-state index is 0.188. The maximum atomic E-state index is 6.06. The highest BCUT2D eigenvalue weighted by Gasteiger charge is 2.14. The van der Waals surface area contributed by atoms with Gasteiger partial charge in [-0.15, -0.1) is 0 Å². The summed E-state index contributed by atoms with van der Waals surface area (Å²) >= 11 is 0. The Morgan fingerprint density at radius 1 is 1.33 bits per heavy atom. The number of hydrogen-bond donors (Lipinski definition) is 1. The molecule has 0 saturated heterocycles. The molecule has 0 aliphatic carbocycles. The summed E-state index contributed by atoms with van der Waals surface area (Å²) in [4.78, 5) is 0. The zero-order chi connectivity index (χ0) is 11.6. The lowest BCUT2D eigenvalue weighted by Crippen LogP contribution is -2.32. The highest BCUT2D eigenvalue weighted by atomic mass is 15.3. The van der Waals surface area contributed by atoms with Gasteiger partial charge in [-0.3, -0.25) is 4.68 Å². The Morgan fingerprint density at radius 2 is 1.93 bits per heavy atom. The molecule has 1 rings (SSSR count). The molecule has 0 aliphatic heterocycles. The third-order valence-electron chi connectivity index (χ3n) is 3.12. The van der Waals surface area contributed by atoms with E-state index in [1.807, 2.05) is 0 Å². The van der Waals surface area contributed by atoms with Gasteiger partial charge in [0, 0.05) is 11.7 Å². The predicted octanol–water partition coefficient (Wildman–Crippen LogP) is 2.05. The van der Waals surface area contributed by atoms with Gasteiger partial charge in [-0.25, -0.2) is 0 Å². The van der Waals surface area contributed by atoms with E-state index in [1.54, 1.807) is 0 Å². The summed E-state index contributed by atoms with van der Waals surface area (Å²) in [6.45, 7) is 11.5. The van der Waals surface area contributed by atoms with Gasteiger partial charge in [0.05, 0.1) is 12.2 Å². The fraction of sp³-hybridized carbons (Fsp3) is 0.750. The SMILES string of the molecule is CCc1c(C)nn(CC(N)C(C)C)c1C. The van der Waals surface area contributed by atoms with Crippen LogP contribution in [-0.4, -0.2) is 15.8 Å². The van der Waals surface area contributed by atoms with Crippen molar-refractivity contribution in [2.75, 3.05) is 0 Å². The van der Waals surface area contributed by atoms with Crippen molar-refractivity contribution in [2.45, 2.75) is 53.6 Å². The highest BCUT2D eigenvalue weighted by Crippen LogP contribution is 2.14. The second-order valence-electron chi connectivity index (χ2n) is 4.59. The molecule has 1 heterocycles. The molecule has 0 saturated carbocycles. The zero-order valence-corrected chi connectivity index (χ0v) is 10.5. The molecular weight excluding hydrogens is 186 g/mol. The molecule has 0 bridgehead atoms. The first-order valence-electron chi connectivity index (χ1n) is 5.75. The summed E-state index contributed by atoms with van der Waals surface area (Å²) in [6.07, 6.45) is 1.05. The lowest BCUT2D eigenvalue weighted by Gasteiger charge is -2.16. The summed E-state index contributed by atoms with van der Waals surface area (Å²) in [5.41, 5.74) is 9.84. The first-order valence-corrected chi connectivity index (χ1v) is 5.75. The number of aryl methyl sites for hydroxylation is 1. The third-order valence-corrected chi connectivity index (χ3v) is 3.12. The molecule has 1 unspecified atom stereocenters. The van der Waals surface area contributed by atoms with Crippen molar-refractivity contribution < 1.29 is 0 Å². The Bertz CT molecular complexity index is 326. The maximum Gasteiger partial charge on any atom is 0.0628 e. The molecule has 1 aromatic heterocycles. The average Bonchev–Trinajstić information content (AvgIpc) is 2.41. The van der Waals surface area contributed by atoms with E-state index in [1.165, 1.54) is 11.3 Å². The van der Waals surface area contributed by atoms with Gasteiger partial charge in [-0.05, 0) is 31.7 Å². The molecule has 3 heteroatoms. The molecule has 1 aromatic rings. The van der Waals surface area contributed by atoms with E-state index in [4.69, 9.17) is 5.73 Å². The van der Waals surface area contributed by atoms with Crippen LogP contribution < -0.4 is 5.73 Å². The topological polar surface area (TPSA) is 43.8 Å². The van der Waals surface area contributed by atoms with Gasteiger partial charge in [-0.2, -0.15) is 5.10 Å². The summed E-state index contributed by atoms with van der Waals surface area (Å²) in [5.74, 6) is 0.499. The number of aromatic nitrogens is 2. The summed E-state index contributed by atoms with van der Waals surface area (Å²) < 4.78 is 2.05. The third kappa shape index (κ3) is 2.59. The Balaban J connectivity index is 2.87. The zero-order valence-electron chi connectivity index (χ0n) is 10.5. The summed E-state index contributed by atoms with van der Waals surface area (Å²) in [6, 6.07) is 0.188. The summed E-state index contributed by atoms with van der Waals surface area (Å²) in [7, 11) is 0. The standard InChI is InChI=1S/C12H23N3/c1-6-11-9(4)14-15(10(11)5)7-12(13)8(2)3/h8,12H,6-7,13H2,1-5H3. The normalized spacial score (nSPS) is 13.5. The van der Waals surface area contributed by atoms with Crippen molar-refractivity contribution in [3.63, 3.8) is 0 Å². The van der Waals surface area contributed by atoms with Gasteiger partial charge in [0.15, 0.2) is 0 Å². The number of rotatable bonds is 4. The van der Waals surface area contributed by atoms with E-state index in [0.717, 1.165) is 18.7 Å². The molecule has 1 atom stereocenters. The van der Waals surface area contributed by atoms with Crippen LogP contribution in [0.25, 0.3) is 0 Å². The lowest BCUT2D eigenvalue weighted by molar-refractivity contribution is 0.408. The molecule has 86 valence electrons. The van der Waals surface area contributed by atoms with Crippen LogP contribution in [0.15, 0.2) is 0 Å². The van der Waals surface area contributed by atoms with Crippen LogP contribution in [0.2, 0.25) is 0 Å². The van der Waals surface area contributed by atoms with Gasteiger partial charge in [-0.1, -0.05) is 20.8 Å². The van der Waals surface area contributed by atoms with Crippen LogP contribution in [0.4, 0.5) is 0 Å². The Hall–Kier alpha value is -0.830. The molecular formula is C12H23N3. The molecule has 0 aromatic carbocycles. The number of nitrogens with zero attached hydrogens (tertiary/aromatic N) is 2. The number of nitrogens with two attached hydrogens (primary N) is 1. The predicted molar refractivity (Wildman–Crippen MR) is 63.9 cm³/mol. The molecule has 0 radical (unpaired) electrons. The van der Waals surface area contributed by atoms with E-state index in [2.05, 4.69) is 44.4 Å². The van der Waals surface area contributed by atoms with Crippen molar-refractivity contribution in [2.24, 2.45) is 11.7 Å². The number of hydrogen-bond acceptors (Lipinski definition) is 2. The monoisotopic (exact) mass is 209 g/mol. The highest BCUT2D eigenvalue weighted by molar-refractivity contribution is 5.24. The van der Waals surface area contributed by atoms with Gasteiger partial charge in [0.25, 0.3) is 0 Å². The molecule has 15 heavy (non-hydrogen) atoms. The van der Waals surface area contributed by atoms with Crippen molar-refractivity contribution in [3.8, 4) is 0 Å². The van der Waals surface area contributed by atoms with Gasteiger partial charge in [0.1, 0.15) is 0 Å². The molecule has 0 aliphatic rings. The lowest BCUT2D eigenvalue weighted by atomic mass is 10.1. The second-order valence-corrected chi connectivity index (χ2v) is 4.59. The molecule has 0 fully saturated rings. The van der Waals surface area contributed by atoms with E-state index >= 15 is 0 Å². The van der Waals surface area contributed by atoms with E-state index < -0.39 is 0 Å². The van der Waals surface area contributed by atoms with Crippen LogP contribution in [0.3, 0.4) is 0 Å². The fourth-order valence-corrected chi connectivity index (χ4v) is 1.83. The maximum absolute atomic E-state index is 6.06. The van der Waals surface area contributed by atoms with E-state index in [9.17, 15) is 0 Å².